The number of piperidine rings is 1. The van der Waals surface area contributed by atoms with Crippen LogP contribution in [-0.2, 0) is 14.3 Å². The van der Waals surface area contributed by atoms with Crippen LogP contribution in [0.3, 0.4) is 0 Å². The Morgan fingerprint density at radius 3 is 1.96 bits per heavy atom. The fourth-order valence-electron chi connectivity index (χ4n) is 8.23. The highest BCUT2D eigenvalue weighted by atomic mass is 16.5. The highest BCUT2D eigenvalue weighted by molar-refractivity contribution is 5.88. The van der Waals surface area contributed by atoms with E-state index in [2.05, 4.69) is 69.9 Å². The SMILES string of the molecule is COC(=O)N[C@H]1CC[C@H]2CC[C@@H](c3nc4ccc(-c5ccc(-c6ccc7nc([C@@H]8CCCN8C(=O)C8CC8)[nH]c7c6)cc5)cc4[nH]3)N2C1=O. The van der Waals surface area contributed by atoms with Crippen molar-refractivity contribution in [2.24, 2.45) is 5.92 Å². The summed E-state index contributed by atoms with van der Waals surface area (Å²) < 4.78 is 4.74. The van der Waals surface area contributed by atoms with Gasteiger partial charge in [-0.2, -0.15) is 0 Å². The van der Waals surface area contributed by atoms with Crippen LogP contribution >= 0.6 is 0 Å². The number of nitrogens with one attached hydrogen (secondary N) is 3. The van der Waals surface area contributed by atoms with Crippen LogP contribution in [0.15, 0.2) is 60.7 Å². The Labute approximate surface area is 283 Å². The quantitative estimate of drug-likeness (QED) is 0.193. The van der Waals surface area contributed by atoms with E-state index in [9.17, 15) is 14.4 Å². The number of carbonyl (C=O) groups excluding carboxylic acids is 3. The fourth-order valence-corrected chi connectivity index (χ4v) is 8.23. The first kappa shape index (κ1) is 29.9. The summed E-state index contributed by atoms with van der Waals surface area (Å²) in [5.41, 5.74) is 8.07. The largest absolute Gasteiger partial charge is 0.453 e. The van der Waals surface area contributed by atoms with E-state index in [-0.39, 0.29) is 30.0 Å². The normalized spacial score (nSPS) is 23.7. The molecule has 3 aliphatic heterocycles. The van der Waals surface area contributed by atoms with Crippen LogP contribution in [0, 0.1) is 5.92 Å². The molecule has 4 atom stereocenters. The Bertz CT molecular complexity index is 2100. The number of likely N-dealkylation sites (tertiary alicyclic amines) is 1. The van der Waals surface area contributed by atoms with Crippen molar-refractivity contribution in [1.29, 1.82) is 0 Å². The molecule has 0 bridgehead atoms. The number of benzene rings is 3. The van der Waals surface area contributed by atoms with E-state index in [1.807, 2.05) is 15.9 Å². The molecule has 0 radical (unpaired) electrons. The van der Waals surface area contributed by atoms with Gasteiger partial charge in [0, 0.05) is 18.5 Å². The third-order valence-corrected chi connectivity index (χ3v) is 11.0. The van der Waals surface area contributed by atoms with E-state index < -0.39 is 12.1 Å². The van der Waals surface area contributed by atoms with Crippen LogP contribution in [-0.4, -0.2) is 73.4 Å². The van der Waals surface area contributed by atoms with Crippen LogP contribution in [0.1, 0.15) is 75.1 Å². The van der Waals surface area contributed by atoms with Crippen molar-refractivity contribution in [2.75, 3.05) is 13.7 Å². The number of imidazole rings is 2. The van der Waals surface area contributed by atoms with Gasteiger partial charge in [0.1, 0.15) is 17.7 Å². The molecule has 11 heteroatoms. The fraction of sp³-hybridized carbons (Fsp3) is 0.395. The number of alkyl carbamates (subject to hydrolysis) is 1. The van der Waals surface area contributed by atoms with E-state index in [1.54, 1.807) is 0 Å². The number of carbonyl (C=O) groups is 3. The van der Waals surface area contributed by atoms with Crippen LogP contribution in [0.5, 0.6) is 0 Å². The van der Waals surface area contributed by atoms with Gasteiger partial charge in [-0.25, -0.2) is 14.8 Å². The number of hydrogen-bond donors (Lipinski definition) is 3. The molecule has 250 valence electrons. The first-order chi connectivity index (χ1) is 23.9. The van der Waals surface area contributed by atoms with E-state index in [1.165, 1.54) is 7.11 Å². The van der Waals surface area contributed by atoms with Gasteiger partial charge in [0.2, 0.25) is 11.8 Å². The number of aromatic nitrogens is 4. The topological polar surface area (TPSA) is 136 Å². The van der Waals surface area contributed by atoms with Crippen LogP contribution in [0.2, 0.25) is 0 Å². The maximum absolute atomic E-state index is 13.4. The summed E-state index contributed by atoms with van der Waals surface area (Å²) in [6, 6.07) is 20.6. The van der Waals surface area contributed by atoms with Crippen molar-refractivity contribution in [3.63, 3.8) is 0 Å². The molecule has 9 rings (SSSR count). The lowest BCUT2D eigenvalue weighted by atomic mass is 9.98. The molecule has 1 saturated carbocycles. The molecule has 0 spiro atoms. The molecule has 5 aromatic rings. The van der Waals surface area contributed by atoms with E-state index >= 15 is 0 Å². The lowest BCUT2D eigenvalue weighted by molar-refractivity contribution is -0.139. The molecule has 3 aromatic carbocycles. The number of methoxy groups -OCH3 is 1. The average Bonchev–Trinajstić information content (AvgIpc) is 3.47. The lowest BCUT2D eigenvalue weighted by Gasteiger charge is -2.37. The summed E-state index contributed by atoms with van der Waals surface area (Å²) in [5.74, 6) is 2.11. The molecule has 0 unspecified atom stereocenters. The molecular formula is C38H39N7O4. The Morgan fingerprint density at radius 2 is 1.35 bits per heavy atom. The summed E-state index contributed by atoms with van der Waals surface area (Å²) in [5, 5.41) is 2.70. The van der Waals surface area contributed by atoms with Crippen molar-refractivity contribution in [3.8, 4) is 22.3 Å². The summed E-state index contributed by atoms with van der Waals surface area (Å²) in [4.78, 5) is 58.9. The number of rotatable bonds is 6. The number of H-pyrrole nitrogens is 2. The van der Waals surface area contributed by atoms with Crippen molar-refractivity contribution in [2.45, 2.75) is 75.5 Å². The number of fused-ring (bicyclic) bond motifs is 3. The molecule has 3 N–H and O–H groups in total. The smallest absolute Gasteiger partial charge is 0.407 e. The second-order valence-electron chi connectivity index (χ2n) is 14.0. The summed E-state index contributed by atoms with van der Waals surface area (Å²) in [6.45, 7) is 0.821. The number of ether oxygens (including phenoxy) is 1. The maximum Gasteiger partial charge on any atom is 0.407 e. The third kappa shape index (κ3) is 5.32. The van der Waals surface area contributed by atoms with Gasteiger partial charge in [0.15, 0.2) is 0 Å². The molecule has 5 heterocycles. The van der Waals surface area contributed by atoms with Gasteiger partial charge in [0.05, 0.1) is 41.3 Å². The van der Waals surface area contributed by atoms with Gasteiger partial charge in [-0.15, -0.1) is 0 Å². The Morgan fingerprint density at radius 1 is 0.755 bits per heavy atom. The highest BCUT2D eigenvalue weighted by Crippen LogP contribution is 2.41. The molecule has 11 nitrogen and oxygen atoms in total. The van der Waals surface area contributed by atoms with Crippen molar-refractivity contribution >= 4 is 40.0 Å². The van der Waals surface area contributed by atoms with Gasteiger partial charge >= 0.3 is 6.09 Å². The van der Waals surface area contributed by atoms with Gasteiger partial charge in [-0.3, -0.25) is 9.59 Å². The highest BCUT2D eigenvalue weighted by Gasteiger charge is 2.45. The van der Waals surface area contributed by atoms with Crippen LogP contribution in [0.4, 0.5) is 4.79 Å². The van der Waals surface area contributed by atoms with Crippen LogP contribution < -0.4 is 5.32 Å². The Hall–Kier alpha value is -5.19. The van der Waals surface area contributed by atoms with Crippen molar-refractivity contribution in [3.05, 3.63) is 72.3 Å². The average molecular weight is 658 g/mol. The van der Waals surface area contributed by atoms with Crippen molar-refractivity contribution in [1.82, 2.24) is 35.1 Å². The van der Waals surface area contributed by atoms with E-state index in [4.69, 9.17) is 14.7 Å². The minimum absolute atomic E-state index is 0.0385. The predicted octanol–water partition coefficient (Wildman–Crippen LogP) is 6.40. The minimum Gasteiger partial charge on any atom is -0.453 e. The zero-order valence-corrected chi connectivity index (χ0v) is 27.4. The van der Waals surface area contributed by atoms with Crippen LogP contribution in [0.25, 0.3) is 44.3 Å². The third-order valence-electron chi connectivity index (χ3n) is 11.0. The minimum atomic E-state index is -0.584. The summed E-state index contributed by atoms with van der Waals surface area (Å²) in [7, 11) is 1.31. The molecule has 1 aliphatic carbocycles. The maximum atomic E-state index is 13.4. The van der Waals surface area contributed by atoms with Gasteiger partial charge in [-0.05, 0) is 97.9 Å². The first-order valence-corrected chi connectivity index (χ1v) is 17.5. The Kier molecular flexibility index (Phi) is 7.17. The summed E-state index contributed by atoms with van der Waals surface area (Å²) >= 11 is 0. The first-order valence-electron chi connectivity index (χ1n) is 17.5. The molecule has 49 heavy (non-hydrogen) atoms. The van der Waals surface area contributed by atoms with E-state index in [0.717, 1.165) is 107 Å². The molecular weight excluding hydrogens is 618 g/mol. The molecule has 4 aliphatic rings. The van der Waals surface area contributed by atoms with Gasteiger partial charge < -0.3 is 29.8 Å². The zero-order chi connectivity index (χ0) is 33.2. The number of amides is 3. The number of hydrogen-bond acceptors (Lipinski definition) is 6. The molecule has 3 amide bonds. The molecule has 3 saturated heterocycles. The van der Waals surface area contributed by atoms with Crippen molar-refractivity contribution < 1.29 is 19.1 Å². The van der Waals surface area contributed by atoms with Gasteiger partial charge in [0.25, 0.3) is 0 Å². The Balaban J connectivity index is 0.926. The monoisotopic (exact) mass is 657 g/mol. The predicted molar refractivity (Wildman–Crippen MR) is 184 cm³/mol. The van der Waals surface area contributed by atoms with E-state index in [0.29, 0.717) is 12.3 Å². The second kappa shape index (κ2) is 11.7. The number of nitrogens with zero attached hydrogens (tertiary/aromatic N) is 4. The summed E-state index contributed by atoms with van der Waals surface area (Å²) in [6.07, 6.45) is 6.64. The van der Waals surface area contributed by atoms with Gasteiger partial charge in [-0.1, -0.05) is 36.4 Å². The molecule has 4 fully saturated rings. The lowest BCUT2D eigenvalue weighted by Crippen LogP contribution is -2.54. The number of aromatic amines is 2. The zero-order valence-electron chi connectivity index (χ0n) is 27.4. The standard InChI is InChI=1S/C38H39N7O4/c1-49-38(48)43-29-16-12-26-13-17-33(45(26)37(29)47)35-40-28-15-11-25(20-31(28)42-35)22-6-4-21(5-7-22)24-10-14-27-30(19-24)41-34(39-27)32-3-2-18-44(32)36(46)23-8-9-23/h4-7,10-11,14-15,19-20,23,26,29,32-33H,2-3,8-9,12-13,16-18H2,1H3,(H,39,41)(H,40,42)(H,43,48)/t26-,29-,32-,33-/m0/s1. The molecule has 2 aromatic heterocycles. The second-order valence-corrected chi connectivity index (χ2v) is 14.0.